The lowest BCUT2D eigenvalue weighted by Gasteiger charge is -2.28. The summed E-state index contributed by atoms with van der Waals surface area (Å²) in [7, 11) is 0. The second-order valence-corrected chi connectivity index (χ2v) is 7.62. The van der Waals surface area contributed by atoms with Gasteiger partial charge in [0.15, 0.2) is 0 Å². The molecule has 1 aliphatic carbocycles. The van der Waals surface area contributed by atoms with Crippen molar-refractivity contribution in [2.45, 2.75) is 37.8 Å². The smallest absolute Gasteiger partial charge is 0.316 e. The van der Waals surface area contributed by atoms with E-state index in [1.807, 2.05) is 30.3 Å². The third-order valence-corrected chi connectivity index (χ3v) is 5.17. The van der Waals surface area contributed by atoms with E-state index in [1.54, 1.807) is 24.3 Å². The van der Waals surface area contributed by atoms with E-state index < -0.39 is 0 Å². The first kappa shape index (κ1) is 20.2. The van der Waals surface area contributed by atoms with Crippen LogP contribution in [-0.2, 0) is 0 Å². The maximum atomic E-state index is 12.6. The lowest BCUT2D eigenvalue weighted by Crippen LogP contribution is -2.39. The zero-order valence-electron chi connectivity index (χ0n) is 16.3. The zero-order chi connectivity index (χ0) is 20.8. The lowest BCUT2D eigenvalue weighted by molar-refractivity contribution is 0.0885. The Bertz CT molecular complexity index is 957. The van der Waals surface area contributed by atoms with Crippen molar-refractivity contribution >= 4 is 17.5 Å². The van der Waals surface area contributed by atoms with Crippen molar-refractivity contribution in [2.75, 3.05) is 0 Å². The van der Waals surface area contributed by atoms with Crippen LogP contribution in [0.2, 0.25) is 5.02 Å². The van der Waals surface area contributed by atoms with Crippen LogP contribution in [0.25, 0.3) is 0 Å². The normalized spacial score (nSPS) is 18.4. The van der Waals surface area contributed by atoms with Crippen LogP contribution in [0, 0.1) is 0 Å². The first-order valence-electron chi connectivity index (χ1n) is 9.94. The molecule has 4 rings (SSSR count). The summed E-state index contributed by atoms with van der Waals surface area (Å²) >= 11 is 5.79. The molecular formula is C23H22ClN3O3. The highest BCUT2D eigenvalue weighted by molar-refractivity contribution is 6.30. The van der Waals surface area contributed by atoms with E-state index in [4.69, 9.17) is 21.1 Å². The van der Waals surface area contributed by atoms with E-state index in [1.165, 1.54) is 12.4 Å². The molecule has 154 valence electrons. The number of rotatable bonds is 6. The van der Waals surface area contributed by atoms with Gasteiger partial charge in [-0.3, -0.25) is 4.79 Å². The molecule has 0 saturated heterocycles. The second-order valence-electron chi connectivity index (χ2n) is 7.19. The molecule has 30 heavy (non-hydrogen) atoms. The van der Waals surface area contributed by atoms with Crippen molar-refractivity contribution < 1.29 is 14.3 Å². The maximum absolute atomic E-state index is 12.6. The molecule has 3 aromatic rings. The molecule has 1 aliphatic rings. The number of nitrogens with one attached hydrogen (secondary N) is 1. The quantitative estimate of drug-likeness (QED) is 0.601. The second kappa shape index (κ2) is 9.59. The molecule has 0 radical (unpaired) electrons. The number of halogens is 1. The van der Waals surface area contributed by atoms with Crippen molar-refractivity contribution in [3.63, 3.8) is 0 Å². The van der Waals surface area contributed by atoms with Gasteiger partial charge in [0, 0.05) is 11.6 Å². The van der Waals surface area contributed by atoms with Crippen LogP contribution in [0.15, 0.2) is 67.0 Å². The monoisotopic (exact) mass is 423 g/mol. The summed E-state index contributed by atoms with van der Waals surface area (Å²) < 4.78 is 11.6. The number of benzene rings is 2. The predicted molar refractivity (Wildman–Crippen MR) is 114 cm³/mol. The van der Waals surface area contributed by atoms with Gasteiger partial charge in [-0.1, -0.05) is 29.8 Å². The highest BCUT2D eigenvalue weighted by Gasteiger charge is 2.24. The minimum Gasteiger partial charge on any atom is -0.460 e. The fraction of sp³-hybridized carbons (Fsp3) is 0.261. The number of para-hydroxylation sites is 1. The Labute approximate surface area is 180 Å². The summed E-state index contributed by atoms with van der Waals surface area (Å²) in [6.07, 6.45) is 6.45. The number of carbonyl (C=O) groups is 1. The van der Waals surface area contributed by atoms with Crippen molar-refractivity contribution in [1.82, 2.24) is 15.3 Å². The molecule has 7 heteroatoms. The molecule has 1 aromatic heterocycles. The van der Waals surface area contributed by atoms with Gasteiger partial charge in [0.25, 0.3) is 5.91 Å². The Balaban J connectivity index is 1.25. The molecule has 0 atom stereocenters. The Morgan fingerprint density at radius 2 is 1.53 bits per heavy atom. The van der Waals surface area contributed by atoms with Crippen molar-refractivity contribution in [2.24, 2.45) is 0 Å². The number of carbonyl (C=O) groups excluding carboxylic acids is 1. The summed E-state index contributed by atoms with van der Waals surface area (Å²) in [6, 6.07) is 17.2. The van der Waals surface area contributed by atoms with Crippen LogP contribution in [-0.4, -0.2) is 28.0 Å². The Kier molecular flexibility index (Phi) is 6.44. The Morgan fingerprint density at radius 3 is 2.20 bits per heavy atom. The third-order valence-electron chi connectivity index (χ3n) is 4.97. The molecule has 1 N–H and O–H groups in total. The van der Waals surface area contributed by atoms with Crippen molar-refractivity contribution in [3.8, 4) is 17.5 Å². The number of nitrogens with zero attached hydrogens (tertiary/aromatic N) is 2. The van der Waals surface area contributed by atoms with Gasteiger partial charge in [0.05, 0.1) is 17.4 Å². The summed E-state index contributed by atoms with van der Waals surface area (Å²) in [5, 5.41) is 3.59. The van der Waals surface area contributed by atoms with E-state index >= 15 is 0 Å². The van der Waals surface area contributed by atoms with Crippen LogP contribution in [0.5, 0.6) is 17.5 Å². The highest BCUT2D eigenvalue weighted by atomic mass is 35.5. The molecule has 6 nitrogen and oxygen atoms in total. The molecule has 2 aromatic carbocycles. The maximum Gasteiger partial charge on any atom is 0.316 e. The molecule has 1 amide bonds. The van der Waals surface area contributed by atoms with E-state index in [-0.39, 0.29) is 18.1 Å². The van der Waals surface area contributed by atoms with Gasteiger partial charge >= 0.3 is 6.01 Å². The number of hydrogen-bond donors (Lipinski definition) is 1. The number of hydrogen-bond acceptors (Lipinski definition) is 5. The van der Waals surface area contributed by atoms with E-state index in [2.05, 4.69) is 15.3 Å². The Morgan fingerprint density at radius 1 is 0.900 bits per heavy atom. The van der Waals surface area contributed by atoms with Crippen LogP contribution in [0.1, 0.15) is 36.0 Å². The van der Waals surface area contributed by atoms with E-state index in [0.29, 0.717) is 22.3 Å². The summed E-state index contributed by atoms with van der Waals surface area (Å²) in [6.45, 7) is 0. The van der Waals surface area contributed by atoms with Gasteiger partial charge in [-0.2, -0.15) is 0 Å². The van der Waals surface area contributed by atoms with E-state index in [0.717, 1.165) is 31.4 Å². The van der Waals surface area contributed by atoms with E-state index in [9.17, 15) is 4.79 Å². The first-order valence-corrected chi connectivity index (χ1v) is 10.3. The fourth-order valence-electron chi connectivity index (χ4n) is 3.40. The minimum absolute atomic E-state index is 0.0498. The number of ether oxygens (including phenoxy) is 2. The van der Waals surface area contributed by atoms with Gasteiger partial charge < -0.3 is 14.8 Å². The van der Waals surface area contributed by atoms with Crippen LogP contribution >= 0.6 is 11.6 Å². The van der Waals surface area contributed by atoms with Gasteiger partial charge in [0.1, 0.15) is 17.6 Å². The van der Waals surface area contributed by atoms with Gasteiger partial charge in [-0.05, 0) is 62.1 Å². The number of aromatic nitrogens is 2. The van der Waals surface area contributed by atoms with Crippen LogP contribution < -0.4 is 14.8 Å². The SMILES string of the molecule is O=C(NC1CCC(Oc2ncc(Cl)cn2)CC1)c1ccc(Oc2ccccc2)cc1. The highest BCUT2D eigenvalue weighted by Crippen LogP contribution is 2.24. The van der Waals surface area contributed by atoms with Crippen molar-refractivity contribution in [3.05, 3.63) is 77.6 Å². The number of amides is 1. The molecule has 0 unspecified atom stereocenters. The van der Waals surface area contributed by atoms with Crippen LogP contribution in [0.3, 0.4) is 0 Å². The molecule has 0 aliphatic heterocycles. The molecular weight excluding hydrogens is 402 g/mol. The van der Waals surface area contributed by atoms with Gasteiger partial charge in [0.2, 0.25) is 0 Å². The molecule has 0 bridgehead atoms. The first-order chi connectivity index (χ1) is 14.7. The Hall–Kier alpha value is -3.12. The predicted octanol–water partition coefficient (Wildman–Crippen LogP) is 5.04. The molecule has 1 heterocycles. The summed E-state index contributed by atoms with van der Waals surface area (Å²) in [5.74, 6) is 1.38. The fourth-order valence-corrected chi connectivity index (χ4v) is 3.50. The standard InChI is InChI=1S/C23H22ClN3O3/c24-17-14-25-23(26-15-17)30-21-12-8-18(9-13-21)27-22(28)16-6-10-20(11-7-16)29-19-4-2-1-3-5-19/h1-7,10-11,14-15,18,21H,8-9,12-13H2,(H,27,28). The van der Waals surface area contributed by atoms with Gasteiger partial charge in [-0.15, -0.1) is 0 Å². The lowest BCUT2D eigenvalue weighted by atomic mass is 9.92. The molecule has 0 spiro atoms. The summed E-state index contributed by atoms with van der Waals surface area (Å²) in [5.41, 5.74) is 0.614. The van der Waals surface area contributed by atoms with Crippen LogP contribution in [0.4, 0.5) is 0 Å². The minimum atomic E-state index is -0.0772. The average Bonchev–Trinajstić information content (AvgIpc) is 2.78. The third kappa shape index (κ3) is 5.48. The van der Waals surface area contributed by atoms with Gasteiger partial charge in [-0.25, -0.2) is 9.97 Å². The molecule has 1 fully saturated rings. The zero-order valence-corrected chi connectivity index (χ0v) is 17.1. The largest absolute Gasteiger partial charge is 0.460 e. The molecule has 1 saturated carbocycles. The average molecular weight is 424 g/mol. The van der Waals surface area contributed by atoms with Crippen molar-refractivity contribution in [1.29, 1.82) is 0 Å². The summed E-state index contributed by atoms with van der Waals surface area (Å²) in [4.78, 5) is 20.7. The topological polar surface area (TPSA) is 73.3 Å².